The van der Waals surface area contributed by atoms with Crippen LogP contribution in [0.25, 0.3) is 6.08 Å². The second-order valence-corrected chi connectivity index (χ2v) is 7.84. The minimum atomic E-state index is 0.231. The van der Waals surface area contributed by atoms with Crippen molar-refractivity contribution in [3.63, 3.8) is 0 Å². The summed E-state index contributed by atoms with van der Waals surface area (Å²) < 4.78 is 0. The quantitative estimate of drug-likeness (QED) is 0.802. The number of hydrogen-bond donors (Lipinski definition) is 0. The number of benzene rings is 2. The second kappa shape index (κ2) is 8.72. The average molecular weight is 376 g/mol. The molecule has 0 unspecified atom stereocenters. The molecule has 0 saturated carbocycles. The van der Waals surface area contributed by atoms with E-state index in [0.29, 0.717) is 6.54 Å². The zero-order valence-corrected chi connectivity index (χ0v) is 16.6. The number of anilines is 1. The SMILES string of the molecule is C[C@@H]1Cc2ccccc2N1C(=O)CN1CCN(C/C=C/c2ccccc2)CC1. The van der Waals surface area contributed by atoms with Crippen molar-refractivity contribution >= 4 is 17.7 Å². The topological polar surface area (TPSA) is 26.8 Å². The lowest BCUT2D eigenvalue weighted by atomic mass is 10.1. The largest absolute Gasteiger partial charge is 0.308 e. The van der Waals surface area contributed by atoms with Crippen LogP contribution >= 0.6 is 0 Å². The van der Waals surface area contributed by atoms with Gasteiger partial charge in [0.1, 0.15) is 0 Å². The van der Waals surface area contributed by atoms with Crippen molar-refractivity contribution < 1.29 is 4.79 Å². The van der Waals surface area contributed by atoms with Crippen LogP contribution in [0.15, 0.2) is 60.7 Å². The maximum Gasteiger partial charge on any atom is 0.241 e. The van der Waals surface area contributed by atoms with Crippen LogP contribution in [-0.4, -0.2) is 61.0 Å². The lowest BCUT2D eigenvalue weighted by Crippen LogP contribution is -2.50. The van der Waals surface area contributed by atoms with E-state index in [1.807, 2.05) is 17.0 Å². The molecule has 1 fully saturated rings. The molecule has 1 atom stereocenters. The Morgan fingerprint density at radius 2 is 1.64 bits per heavy atom. The monoisotopic (exact) mass is 375 g/mol. The first kappa shape index (κ1) is 18.9. The molecule has 0 aromatic heterocycles. The van der Waals surface area contributed by atoms with E-state index in [1.54, 1.807) is 0 Å². The van der Waals surface area contributed by atoms with Gasteiger partial charge >= 0.3 is 0 Å². The third kappa shape index (κ3) is 4.34. The number of nitrogens with zero attached hydrogens (tertiary/aromatic N) is 3. The summed E-state index contributed by atoms with van der Waals surface area (Å²) in [4.78, 5) is 19.7. The number of fused-ring (bicyclic) bond motifs is 1. The van der Waals surface area contributed by atoms with Gasteiger partial charge in [0.25, 0.3) is 0 Å². The van der Waals surface area contributed by atoms with Crippen LogP contribution in [0.5, 0.6) is 0 Å². The van der Waals surface area contributed by atoms with E-state index in [2.05, 4.69) is 71.3 Å². The highest BCUT2D eigenvalue weighted by Gasteiger charge is 2.31. The van der Waals surface area contributed by atoms with Gasteiger partial charge in [0.15, 0.2) is 0 Å². The molecule has 4 heteroatoms. The number of piperazine rings is 1. The maximum absolute atomic E-state index is 13.0. The zero-order valence-electron chi connectivity index (χ0n) is 16.6. The summed E-state index contributed by atoms with van der Waals surface area (Å²) in [5.41, 5.74) is 3.63. The Bertz CT molecular complexity index is 825. The van der Waals surface area contributed by atoms with Gasteiger partial charge in [-0.15, -0.1) is 0 Å². The molecule has 1 amide bonds. The van der Waals surface area contributed by atoms with Crippen LogP contribution < -0.4 is 4.90 Å². The molecule has 0 radical (unpaired) electrons. The van der Waals surface area contributed by atoms with Gasteiger partial charge in [-0.3, -0.25) is 14.6 Å². The summed E-state index contributed by atoms with van der Waals surface area (Å²) >= 11 is 0. The Kier molecular flexibility index (Phi) is 5.89. The fraction of sp³-hybridized carbons (Fsp3) is 0.375. The molecule has 2 heterocycles. The van der Waals surface area contributed by atoms with Crippen molar-refractivity contribution in [3.05, 3.63) is 71.8 Å². The highest BCUT2D eigenvalue weighted by Crippen LogP contribution is 2.31. The van der Waals surface area contributed by atoms with Crippen molar-refractivity contribution in [2.75, 3.05) is 44.2 Å². The molecule has 2 aromatic carbocycles. The number of amides is 1. The first-order valence-electron chi connectivity index (χ1n) is 10.3. The Morgan fingerprint density at radius 3 is 2.43 bits per heavy atom. The molecule has 2 aromatic rings. The van der Waals surface area contributed by atoms with Gasteiger partial charge in [0, 0.05) is 44.5 Å². The zero-order chi connectivity index (χ0) is 19.3. The molecule has 2 aliphatic rings. The molecule has 4 rings (SSSR count). The number of carbonyl (C=O) groups is 1. The van der Waals surface area contributed by atoms with E-state index in [0.717, 1.165) is 44.8 Å². The molecule has 1 saturated heterocycles. The predicted octanol–water partition coefficient (Wildman–Crippen LogP) is 3.30. The molecule has 2 aliphatic heterocycles. The summed E-state index contributed by atoms with van der Waals surface area (Å²) in [5, 5.41) is 0. The van der Waals surface area contributed by atoms with E-state index in [4.69, 9.17) is 0 Å². The minimum Gasteiger partial charge on any atom is -0.308 e. The third-order valence-corrected chi connectivity index (χ3v) is 5.77. The van der Waals surface area contributed by atoms with Gasteiger partial charge in [-0.2, -0.15) is 0 Å². The summed E-state index contributed by atoms with van der Waals surface area (Å²) in [7, 11) is 0. The number of rotatable bonds is 5. The third-order valence-electron chi connectivity index (χ3n) is 5.77. The molecule has 146 valence electrons. The maximum atomic E-state index is 13.0. The van der Waals surface area contributed by atoms with Crippen LogP contribution in [0.4, 0.5) is 5.69 Å². The Balaban J connectivity index is 1.25. The Hall–Kier alpha value is -2.43. The fourth-order valence-electron chi connectivity index (χ4n) is 4.25. The number of carbonyl (C=O) groups excluding carboxylic acids is 1. The number of para-hydroxylation sites is 1. The molecule has 0 bridgehead atoms. The standard InChI is InChI=1S/C24H29N3O/c1-20-18-22-11-5-6-12-23(22)27(20)24(28)19-26-16-14-25(15-17-26)13-7-10-21-8-3-2-4-9-21/h2-12,20H,13-19H2,1H3/b10-7+/t20-/m1/s1. The molecule has 0 aliphatic carbocycles. The summed E-state index contributed by atoms with van der Waals surface area (Å²) in [6, 6.07) is 19.0. The first-order chi connectivity index (χ1) is 13.7. The van der Waals surface area contributed by atoms with E-state index >= 15 is 0 Å². The molecule has 4 nitrogen and oxygen atoms in total. The van der Waals surface area contributed by atoms with Gasteiger partial charge in [-0.25, -0.2) is 0 Å². The van der Waals surface area contributed by atoms with Crippen LogP contribution in [0, 0.1) is 0 Å². The predicted molar refractivity (Wildman–Crippen MR) is 115 cm³/mol. The smallest absolute Gasteiger partial charge is 0.241 e. The average Bonchev–Trinajstić information content (AvgIpc) is 3.06. The van der Waals surface area contributed by atoms with Crippen molar-refractivity contribution in [3.8, 4) is 0 Å². The molecule has 0 N–H and O–H groups in total. The fourth-order valence-corrected chi connectivity index (χ4v) is 4.25. The lowest BCUT2D eigenvalue weighted by molar-refractivity contribution is -0.120. The molecule has 28 heavy (non-hydrogen) atoms. The molecular formula is C24H29N3O. The van der Waals surface area contributed by atoms with Gasteiger partial charge in [0.2, 0.25) is 5.91 Å². The van der Waals surface area contributed by atoms with E-state index in [9.17, 15) is 4.79 Å². The number of hydrogen-bond acceptors (Lipinski definition) is 3. The van der Waals surface area contributed by atoms with Gasteiger partial charge < -0.3 is 4.90 Å². The summed E-state index contributed by atoms with van der Waals surface area (Å²) in [5.74, 6) is 0.231. The normalized spacial score (nSPS) is 20.6. The summed E-state index contributed by atoms with van der Waals surface area (Å²) in [6.45, 7) is 7.56. The van der Waals surface area contributed by atoms with Crippen molar-refractivity contribution in [2.45, 2.75) is 19.4 Å². The van der Waals surface area contributed by atoms with Crippen molar-refractivity contribution in [1.29, 1.82) is 0 Å². The summed E-state index contributed by atoms with van der Waals surface area (Å²) in [6.07, 6.45) is 5.38. The van der Waals surface area contributed by atoms with E-state index in [-0.39, 0.29) is 11.9 Å². The van der Waals surface area contributed by atoms with Gasteiger partial charge in [0.05, 0.1) is 6.54 Å². The Morgan fingerprint density at radius 1 is 0.964 bits per heavy atom. The van der Waals surface area contributed by atoms with Crippen molar-refractivity contribution in [1.82, 2.24) is 9.80 Å². The first-order valence-corrected chi connectivity index (χ1v) is 10.3. The van der Waals surface area contributed by atoms with Crippen LogP contribution in [0.2, 0.25) is 0 Å². The van der Waals surface area contributed by atoms with Crippen LogP contribution in [0.1, 0.15) is 18.1 Å². The van der Waals surface area contributed by atoms with Crippen LogP contribution in [0.3, 0.4) is 0 Å². The van der Waals surface area contributed by atoms with E-state index < -0.39 is 0 Å². The molecule has 0 spiro atoms. The van der Waals surface area contributed by atoms with Gasteiger partial charge in [-0.1, -0.05) is 60.7 Å². The molecular weight excluding hydrogens is 346 g/mol. The second-order valence-electron chi connectivity index (χ2n) is 7.84. The van der Waals surface area contributed by atoms with Crippen molar-refractivity contribution in [2.24, 2.45) is 0 Å². The highest BCUT2D eigenvalue weighted by molar-refractivity contribution is 5.97. The Labute approximate surface area is 168 Å². The highest BCUT2D eigenvalue weighted by atomic mass is 16.2. The lowest BCUT2D eigenvalue weighted by Gasteiger charge is -2.35. The van der Waals surface area contributed by atoms with E-state index in [1.165, 1.54) is 11.1 Å². The van der Waals surface area contributed by atoms with Crippen LogP contribution in [-0.2, 0) is 11.2 Å². The van der Waals surface area contributed by atoms with Gasteiger partial charge in [-0.05, 0) is 30.5 Å². The minimum absolute atomic E-state index is 0.231.